The van der Waals surface area contributed by atoms with Crippen molar-refractivity contribution < 1.29 is 9.47 Å². The molecule has 0 aliphatic heterocycles. The zero-order valence-electron chi connectivity index (χ0n) is 13.9. The van der Waals surface area contributed by atoms with Crippen LogP contribution >= 0.6 is 0 Å². The van der Waals surface area contributed by atoms with Gasteiger partial charge in [0.25, 0.3) is 0 Å². The van der Waals surface area contributed by atoms with Gasteiger partial charge in [0.15, 0.2) is 0 Å². The molecule has 0 amide bonds. The third-order valence-electron chi connectivity index (χ3n) is 3.61. The molecule has 0 spiro atoms. The van der Waals surface area contributed by atoms with Gasteiger partial charge in [-0.25, -0.2) is 0 Å². The van der Waals surface area contributed by atoms with Gasteiger partial charge >= 0.3 is 0 Å². The molecular weight excluding hydrogens is 262 g/mol. The van der Waals surface area contributed by atoms with Gasteiger partial charge in [0.1, 0.15) is 0 Å². The Kier molecular flexibility index (Phi) is 10.1. The highest BCUT2D eigenvalue weighted by atomic mass is 16.5. The van der Waals surface area contributed by atoms with Crippen LogP contribution in [0.15, 0.2) is 24.3 Å². The number of ether oxygens (including phenoxy) is 2. The number of hydrogen-bond donors (Lipinski definition) is 1. The Morgan fingerprint density at radius 2 is 1.86 bits per heavy atom. The maximum Gasteiger partial charge on any atom is 0.0700 e. The molecular formula is C18H31NO2. The first kappa shape index (κ1) is 18.1. The van der Waals surface area contributed by atoms with Crippen molar-refractivity contribution in [1.82, 2.24) is 5.32 Å². The van der Waals surface area contributed by atoms with Gasteiger partial charge in [-0.3, -0.25) is 0 Å². The minimum absolute atomic E-state index is 0.627. The second-order valence-corrected chi connectivity index (χ2v) is 5.65. The van der Waals surface area contributed by atoms with Crippen molar-refractivity contribution in [2.24, 2.45) is 5.92 Å². The van der Waals surface area contributed by atoms with Crippen LogP contribution in [0.25, 0.3) is 0 Å². The molecule has 0 saturated carbocycles. The predicted octanol–water partition coefficient (Wildman–Crippen LogP) is 3.21. The average Bonchev–Trinajstić information content (AvgIpc) is 2.49. The lowest BCUT2D eigenvalue weighted by Crippen LogP contribution is -2.26. The minimum Gasteiger partial charge on any atom is -0.382 e. The van der Waals surface area contributed by atoms with Crippen molar-refractivity contribution in [2.75, 3.05) is 40.0 Å². The van der Waals surface area contributed by atoms with E-state index in [4.69, 9.17) is 9.47 Å². The number of aryl methyl sites for hydroxylation is 1. The van der Waals surface area contributed by atoms with Crippen molar-refractivity contribution >= 4 is 0 Å². The Bertz CT molecular complexity index is 351. The molecule has 1 rings (SSSR count). The number of benzene rings is 1. The molecule has 0 bridgehead atoms. The molecule has 3 nitrogen and oxygen atoms in total. The Morgan fingerprint density at radius 1 is 1.10 bits per heavy atom. The first-order valence-corrected chi connectivity index (χ1v) is 8.09. The molecule has 0 aliphatic rings. The minimum atomic E-state index is 0.627. The van der Waals surface area contributed by atoms with Gasteiger partial charge in [0.05, 0.1) is 13.2 Å². The van der Waals surface area contributed by atoms with Crippen LogP contribution in [0.4, 0.5) is 0 Å². The van der Waals surface area contributed by atoms with Crippen LogP contribution < -0.4 is 5.32 Å². The summed E-state index contributed by atoms with van der Waals surface area (Å²) < 4.78 is 10.6. The highest BCUT2D eigenvalue weighted by molar-refractivity contribution is 5.21. The zero-order valence-corrected chi connectivity index (χ0v) is 13.9. The van der Waals surface area contributed by atoms with Crippen molar-refractivity contribution in [2.45, 2.75) is 33.1 Å². The molecule has 3 heteroatoms. The van der Waals surface area contributed by atoms with E-state index in [1.165, 1.54) is 17.5 Å². The van der Waals surface area contributed by atoms with Crippen LogP contribution in [0.2, 0.25) is 0 Å². The maximum atomic E-state index is 5.61. The topological polar surface area (TPSA) is 30.5 Å². The van der Waals surface area contributed by atoms with E-state index in [0.717, 1.165) is 32.5 Å². The molecule has 0 saturated heterocycles. The quantitative estimate of drug-likeness (QED) is 0.600. The van der Waals surface area contributed by atoms with Gasteiger partial charge < -0.3 is 14.8 Å². The molecule has 1 aromatic carbocycles. The standard InChI is InChI=1S/C18H31NO2/c1-4-10-19-15-18(9-11-21-13-12-20-3)14-17-7-5-16(2)6-8-17/h5-8,18-19H,4,9-15H2,1-3H3. The molecule has 0 radical (unpaired) electrons. The summed E-state index contributed by atoms with van der Waals surface area (Å²) in [7, 11) is 1.71. The van der Waals surface area contributed by atoms with Crippen LogP contribution in [0.3, 0.4) is 0 Å². The van der Waals surface area contributed by atoms with Crippen molar-refractivity contribution in [3.05, 3.63) is 35.4 Å². The van der Waals surface area contributed by atoms with Gasteiger partial charge in [-0.1, -0.05) is 36.8 Å². The van der Waals surface area contributed by atoms with E-state index in [1.807, 2.05) is 0 Å². The summed E-state index contributed by atoms with van der Waals surface area (Å²) in [4.78, 5) is 0. The molecule has 1 atom stereocenters. The molecule has 0 aliphatic carbocycles. The molecule has 0 aromatic heterocycles. The molecule has 1 unspecified atom stereocenters. The highest BCUT2D eigenvalue weighted by Crippen LogP contribution is 2.13. The number of methoxy groups -OCH3 is 1. The summed E-state index contributed by atoms with van der Waals surface area (Å²) in [6, 6.07) is 8.88. The second kappa shape index (κ2) is 11.7. The predicted molar refractivity (Wildman–Crippen MR) is 88.8 cm³/mol. The van der Waals surface area contributed by atoms with Gasteiger partial charge in [-0.05, 0) is 50.8 Å². The van der Waals surface area contributed by atoms with Crippen LogP contribution in [0.1, 0.15) is 30.9 Å². The smallest absolute Gasteiger partial charge is 0.0700 e. The van der Waals surface area contributed by atoms with Crippen molar-refractivity contribution in [3.8, 4) is 0 Å². The van der Waals surface area contributed by atoms with Gasteiger partial charge in [0.2, 0.25) is 0 Å². The summed E-state index contributed by atoms with van der Waals surface area (Å²) in [5.74, 6) is 0.627. The fraction of sp³-hybridized carbons (Fsp3) is 0.667. The van der Waals surface area contributed by atoms with E-state index in [-0.39, 0.29) is 0 Å². The summed E-state index contributed by atoms with van der Waals surface area (Å²) in [6.07, 6.45) is 3.39. The van der Waals surface area contributed by atoms with Gasteiger partial charge in [-0.2, -0.15) is 0 Å². The van der Waals surface area contributed by atoms with E-state index in [0.29, 0.717) is 19.1 Å². The average molecular weight is 293 g/mol. The third-order valence-corrected chi connectivity index (χ3v) is 3.61. The summed E-state index contributed by atoms with van der Waals surface area (Å²) in [6.45, 7) is 8.67. The van der Waals surface area contributed by atoms with Crippen LogP contribution in [-0.2, 0) is 15.9 Å². The number of rotatable bonds is 12. The lowest BCUT2D eigenvalue weighted by molar-refractivity contribution is 0.0636. The van der Waals surface area contributed by atoms with E-state index < -0.39 is 0 Å². The highest BCUT2D eigenvalue weighted by Gasteiger charge is 2.09. The van der Waals surface area contributed by atoms with E-state index in [2.05, 4.69) is 43.4 Å². The van der Waals surface area contributed by atoms with E-state index in [9.17, 15) is 0 Å². The third kappa shape index (κ3) is 8.86. The first-order chi connectivity index (χ1) is 10.3. The fourth-order valence-electron chi connectivity index (χ4n) is 2.31. The maximum absolute atomic E-state index is 5.61. The Hall–Kier alpha value is -0.900. The molecule has 1 aromatic rings. The first-order valence-electron chi connectivity index (χ1n) is 8.09. The SMILES string of the molecule is CCCNCC(CCOCCOC)Cc1ccc(C)cc1. The van der Waals surface area contributed by atoms with Crippen molar-refractivity contribution in [1.29, 1.82) is 0 Å². The largest absolute Gasteiger partial charge is 0.382 e. The number of hydrogen-bond acceptors (Lipinski definition) is 3. The molecule has 1 N–H and O–H groups in total. The summed E-state index contributed by atoms with van der Waals surface area (Å²) >= 11 is 0. The molecule has 0 fully saturated rings. The number of nitrogens with one attached hydrogen (secondary N) is 1. The second-order valence-electron chi connectivity index (χ2n) is 5.65. The monoisotopic (exact) mass is 293 g/mol. The molecule has 0 heterocycles. The lowest BCUT2D eigenvalue weighted by Gasteiger charge is -2.18. The van der Waals surface area contributed by atoms with Crippen LogP contribution in [-0.4, -0.2) is 40.0 Å². The normalized spacial score (nSPS) is 12.5. The molecule has 120 valence electrons. The fourth-order valence-corrected chi connectivity index (χ4v) is 2.31. The van der Waals surface area contributed by atoms with E-state index >= 15 is 0 Å². The Labute approximate surface area is 130 Å². The van der Waals surface area contributed by atoms with Gasteiger partial charge in [-0.15, -0.1) is 0 Å². The lowest BCUT2D eigenvalue weighted by atomic mass is 9.96. The van der Waals surface area contributed by atoms with Crippen LogP contribution in [0.5, 0.6) is 0 Å². The Morgan fingerprint density at radius 3 is 2.52 bits per heavy atom. The molecule has 21 heavy (non-hydrogen) atoms. The van der Waals surface area contributed by atoms with Crippen molar-refractivity contribution in [3.63, 3.8) is 0 Å². The summed E-state index contributed by atoms with van der Waals surface area (Å²) in [5.41, 5.74) is 2.74. The van der Waals surface area contributed by atoms with E-state index in [1.54, 1.807) is 7.11 Å². The van der Waals surface area contributed by atoms with Crippen LogP contribution in [0, 0.1) is 12.8 Å². The Balaban J connectivity index is 2.37. The summed E-state index contributed by atoms with van der Waals surface area (Å²) in [5, 5.41) is 3.54. The zero-order chi connectivity index (χ0) is 15.3. The van der Waals surface area contributed by atoms with Gasteiger partial charge in [0, 0.05) is 13.7 Å².